The molecule has 0 atom stereocenters. The lowest BCUT2D eigenvalue weighted by molar-refractivity contribution is 0.490. The number of anilines is 3. The van der Waals surface area contributed by atoms with Crippen LogP contribution in [0.1, 0.15) is 43.4 Å². The Morgan fingerprint density at radius 1 is 0.523 bits per heavy atom. The number of aryl methyl sites for hydroxylation is 1. The van der Waals surface area contributed by atoms with Crippen LogP contribution in [0.5, 0.6) is 0 Å². The standard InChI is InChI=1S/C42H36N2/c1-4-42(5-2)38-19-13-12-18-34(38)35-23-21-33(28-39(35)42)43(30-14-8-6-9-15-30)32-22-25-41-37(27-32)36-26-29(3)20-24-40(36)44(41)31-16-10-7-11-17-31/h6-28H,4-5H2,1-3H3. The second kappa shape index (κ2) is 10.3. The van der Waals surface area contributed by atoms with Gasteiger partial charge in [0.2, 0.25) is 0 Å². The Hall–Kier alpha value is -5.08. The smallest absolute Gasteiger partial charge is 0.0542 e. The van der Waals surface area contributed by atoms with Gasteiger partial charge in [-0.15, -0.1) is 0 Å². The summed E-state index contributed by atoms with van der Waals surface area (Å²) in [7, 11) is 0. The van der Waals surface area contributed by atoms with E-state index in [1.165, 1.54) is 61.0 Å². The average molecular weight is 569 g/mol. The molecule has 0 fully saturated rings. The van der Waals surface area contributed by atoms with Crippen LogP contribution in [0.25, 0.3) is 38.6 Å². The van der Waals surface area contributed by atoms with Gasteiger partial charge in [0.05, 0.1) is 11.0 Å². The van der Waals surface area contributed by atoms with E-state index in [1.807, 2.05) is 0 Å². The Labute approximate surface area is 259 Å². The molecule has 0 saturated heterocycles. The largest absolute Gasteiger partial charge is 0.310 e. The molecule has 6 aromatic carbocycles. The van der Waals surface area contributed by atoms with E-state index in [9.17, 15) is 0 Å². The fourth-order valence-corrected chi connectivity index (χ4v) is 7.74. The molecule has 0 amide bonds. The van der Waals surface area contributed by atoms with Crippen LogP contribution in [0.4, 0.5) is 17.1 Å². The van der Waals surface area contributed by atoms with Crippen LogP contribution in [0.3, 0.4) is 0 Å². The summed E-state index contributed by atoms with van der Waals surface area (Å²) >= 11 is 0. The SMILES string of the molecule is CCC1(CC)c2ccccc2-c2ccc(N(c3ccccc3)c3ccc4c(c3)c3cc(C)ccc3n4-c3ccccc3)cc21. The summed E-state index contributed by atoms with van der Waals surface area (Å²) < 4.78 is 2.39. The molecule has 8 rings (SSSR count). The zero-order valence-corrected chi connectivity index (χ0v) is 25.6. The maximum absolute atomic E-state index is 2.47. The minimum atomic E-state index is 0.0227. The van der Waals surface area contributed by atoms with Gasteiger partial charge in [0.15, 0.2) is 0 Å². The molecule has 2 heteroatoms. The van der Waals surface area contributed by atoms with Gasteiger partial charge in [0.25, 0.3) is 0 Å². The number of benzene rings is 6. The van der Waals surface area contributed by atoms with Gasteiger partial charge in [-0.2, -0.15) is 0 Å². The molecule has 0 bridgehead atoms. The first-order valence-corrected chi connectivity index (χ1v) is 15.8. The minimum Gasteiger partial charge on any atom is -0.310 e. The van der Waals surface area contributed by atoms with Gasteiger partial charge in [0.1, 0.15) is 0 Å². The third-order valence-corrected chi connectivity index (χ3v) is 9.91. The predicted octanol–water partition coefficient (Wildman–Crippen LogP) is 11.6. The number of nitrogens with zero attached hydrogens (tertiary/aromatic N) is 2. The van der Waals surface area contributed by atoms with Crippen LogP contribution < -0.4 is 4.90 Å². The number of hydrogen-bond donors (Lipinski definition) is 0. The Morgan fingerprint density at radius 3 is 1.86 bits per heavy atom. The Balaban J connectivity index is 1.36. The molecular formula is C42H36N2. The first-order chi connectivity index (χ1) is 21.6. The van der Waals surface area contributed by atoms with E-state index >= 15 is 0 Å². The number of aromatic nitrogens is 1. The zero-order valence-electron chi connectivity index (χ0n) is 25.6. The van der Waals surface area contributed by atoms with E-state index in [1.54, 1.807) is 0 Å². The summed E-state index contributed by atoms with van der Waals surface area (Å²) in [5, 5.41) is 2.54. The van der Waals surface area contributed by atoms with Crippen molar-refractivity contribution >= 4 is 38.9 Å². The molecule has 2 nitrogen and oxygen atoms in total. The van der Waals surface area contributed by atoms with Crippen molar-refractivity contribution in [1.29, 1.82) is 0 Å². The monoisotopic (exact) mass is 568 g/mol. The van der Waals surface area contributed by atoms with E-state index in [0.717, 1.165) is 24.2 Å². The molecule has 0 saturated carbocycles. The maximum atomic E-state index is 2.47. The van der Waals surface area contributed by atoms with Gasteiger partial charge >= 0.3 is 0 Å². The molecule has 0 radical (unpaired) electrons. The second-order valence-corrected chi connectivity index (χ2v) is 12.1. The van der Waals surface area contributed by atoms with E-state index in [-0.39, 0.29) is 5.41 Å². The van der Waals surface area contributed by atoms with Gasteiger partial charge in [-0.05, 0) is 109 Å². The molecule has 1 aromatic heterocycles. The molecule has 0 spiro atoms. The Kier molecular flexibility index (Phi) is 6.20. The molecule has 1 heterocycles. The predicted molar refractivity (Wildman–Crippen MR) is 187 cm³/mol. The van der Waals surface area contributed by atoms with Crippen molar-refractivity contribution in [2.75, 3.05) is 4.90 Å². The van der Waals surface area contributed by atoms with Gasteiger partial charge in [-0.3, -0.25) is 0 Å². The van der Waals surface area contributed by atoms with Crippen molar-refractivity contribution in [2.24, 2.45) is 0 Å². The number of rotatable bonds is 6. The fraction of sp³-hybridized carbons (Fsp3) is 0.143. The third kappa shape index (κ3) is 3.87. The Bertz CT molecular complexity index is 2150. The summed E-state index contributed by atoms with van der Waals surface area (Å²) in [6, 6.07) is 51.4. The maximum Gasteiger partial charge on any atom is 0.0542 e. The van der Waals surface area contributed by atoms with Crippen LogP contribution >= 0.6 is 0 Å². The molecule has 0 N–H and O–H groups in total. The van der Waals surface area contributed by atoms with E-state index in [4.69, 9.17) is 0 Å². The van der Waals surface area contributed by atoms with Crippen molar-refractivity contribution in [3.05, 3.63) is 156 Å². The fourth-order valence-electron chi connectivity index (χ4n) is 7.74. The van der Waals surface area contributed by atoms with Gasteiger partial charge in [-0.1, -0.05) is 92.2 Å². The first-order valence-electron chi connectivity index (χ1n) is 15.8. The highest BCUT2D eigenvalue weighted by atomic mass is 15.1. The molecular weight excluding hydrogens is 532 g/mol. The van der Waals surface area contributed by atoms with Crippen molar-refractivity contribution in [3.63, 3.8) is 0 Å². The Morgan fingerprint density at radius 2 is 1.11 bits per heavy atom. The lowest BCUT2D eigenvalue weighted by Gasteiger charge is -2.31. The molecule has 1 aliphatic rings. The topological polar surface area (TPSA) is 8.17 Å². The van der Waals surface area contributed by atoms with Crippen LogP contribution in [-0.4, -0.2) is 4.57 Å². The molecule has 7 aromatic rings. The van der Waals surface area contributed by atoms with Crippen molar-refractivity contribution < 1.29 is 0 Å². The normalized spacial score (nSPS) is 13.2. The first kappa shape index (κ1) is 26.5. The third-order valence-electron chi connectivity index (χ3n) is 9.91. The minimum absolute atomic E-state index is 0.0227. The van der Waals surface area contributed by atoms with Crippen molar-refractivity contribution in [1.82, 2.24) is 4.57 Å². The van der Waals surface area contributed by atoms with E-state index in [2.05, 4.69) is 170 Å². The van der Waals surface area contributed by atoms with Crippen molar-refractivity contribution in [3.8, 4) is 16.8 Å². The summed E-state index contributed by atoms with van der Waals surface area (Å²) in [6.45, 7) is 6.87. The number of para-hydroxylation sites is 2. The number of hydrogen-bond acceptors (Lipinski definition) is 1. The van der Waals surface area contributed by atoms with E-state index < -0.39 is 0 Å². The van der Waals surface area contributed by atoms with E-state index in [0.29, 0.717) is 0 Å². The lowest BCUT2D eigenvalue weighted by atomic mass is 9.74. The highest BCUT2D eigenvalue weighted by Gasteiger charge is 2.40. The highest BCUT2D eigenvalue weighted by molar-refractivity contribution is 6.11. The molecule has 214 valence electrons. The van der Waals surface area contributed by atoms with Crippen LogP contribution in [0.15, 0.2) is 140 Å². The average Bonchev–Trinajstić information content (AvgIpc) is 3.55. The quantitative estimate of drug-likeness (QED) is 0.194. The van der Waals surface area contributed by atoms with Crippen LogP contribution in [-0.2, 0) is 5.41 Å². The molecule has 0 unspecified atom stereocenters. The van der Waals surface area contributed by atoms with Crippen molar-refractivity contribution in [2.45, 2.75) is 39.0 Å². The van der Waals surface area contributed by atoms with Gasteiger partial charge in [0, 0.05) is 38.9 Å². The summed E-state index contributed by atoms with van der Waals surface area (Å²) in [6.07, 6.45) is 2.15. The molecule has 0 aliphatic heterocycles. The molecule has 44 heavy (non-hydrogen) atoms. The van der Waals surface area contributed by atoms with Gasteiger partial charge < -0.3 is 9.47 Å². The second-order valence-electron chi connectivity index (χ2n) is 12.1. The highest BCUT2D eigenvalue weighted by Crippen LogP contribution is 2.54. The number of fused-ring (bicyclic) bond motifs is 6. The zero-order chi connectivity index (χ0) is 29.8. The summed E-state index contributed by atoms with van der Waals surface area (Å²) in [5.41, 5.74) is 14.1. The van der Waals surface area contributed by atoms with Crippen LogP contribution in [0, 0.1) is 6.92 Å². The van der Waals surface area contributed by atoms with Crippen LogP contribution in [0.2, 0.25) is 0 Å². The lowest BCUT2D eigenvalue weighted by Crippen LogP contribution is -2.23. The van der Waals surface area contributed by atoms with Gasteiger partial charge in [-0.25, -0.2) is 0 Å². The summed E-state index contributed by atoms with van der Waals surface area (Å²) in [4.78, 5) is 2.43. The summed E-state index contributed by atoms with van der Waals surface area (Å²) in [5.74, 6) is 0. The molecule has 1 aliphatic carbocycles.